The molecule has 27 heavy (non-hydrogen) atoms. The quantitative estimate of drug-likeness (QED) is 0.635. The SMILES string of the molecule is CN(C)[C@H](CNC(=O)Cn1cnc2c1c(=O)n(C)c(=O)n2C)c1cccs1. The highest BCUT2D eigenvalue weighted by Gasteiger charge is 2.18. The van der Waals surface area contributed by atoms with E-state index in [2.05, 4.69) is 10.3 Å². The van der Waals surface area contributed by atoms with E-state index in [1.807, 2.05) is 36.5 Å². The molecule has 0 aliphatic carbocycles. The minimum atomic E-state index is -0.469. The van der Waals surface area contributed by atoms with E-state index < -0.39 is 11.2 Å². The largest absolute Gasteiger partial charge is 0.353 e. The number of carbonyl (C=O) groups is 1. The molecule has 0 saturated carbocycles. The van der Waals surface area contributed by atoms with Gasteiger partial charge in [-0.25, -0.2) is 9.78 Å². The summed E-state index contributed by atoms with van der Waals surface area (Å²) in [6.45, 7) is 0.407. The first-order valence-electron chi connectivity index (χ1n) is 8.38. The van der Waals surface area contributed by atoms with Gasteiger partial charge < -0.3 is 14.8 Å². The van der Waals surface area contributed by atoms with Crippen LogP contribution < -0.4 is 16.6 Å². The fourth-order valence-corrected chi connectivity index (χ4v) is 3.88. The lowest BCUT2D eigenvalue weighted by atomic mass is 10.2. The van der Waals surface area contributed by atoms with Gasteiger partial charge >= 0.3 is 5.69 Å². The number of carbonyl (C=O) groups excluding carboxylic acids is 1. The molecule has 0 fully saturated rings. The lowest BCUT2D eigenvalue weighted by Gasteiger charge is -2.23. The van der Waals surface area contributed by atoms with Crippen LogP contribution in [0.2, 0.25) is 0 Å². The van der Waals surface area contributed by atoms with Crippen molar-refractivity contribution < 1.29 is 4.79 Å². The fraction of sp³-hybridized carbons (Fsp3) is 0.412. The minimum absolute atomic E-state index is 0.0471. The Bertz CT molecular complexity index is 1080. The van der Waals surface area contributed by atoms with Crippen molar-refractivity contribution >= 4 is 28.4 Å². The molecule has 144 valence electrons. The summed E-state index contributed by atoms with van der Waals surface area (Å²) in [6, 6.07) is 4.09. The summed E-state index contributed by atoms with van der Waals surface area (Å²) in [5.41, 5.74) is -0.423. The van der Waals surface area contributed by atoms with Gasteiger partial charge in [0.1, 0.15) is 6.54 Å². The van der Waals surface area contributed by atoms with Crippen LogP contribution in [0.5, 0.6) is 0 Å². The lowest BCUT2D eigenvalue weighted by molar-refractivity contribution is -0.121. The Kier molecular flexibility index (Phi) is 5.29. The predicted molar refractivity (Wildman–Crippen MR) is 104 cm³/mol. The van der Waals surface area contributed by atoms with Crippen molar-refractivity contribution in [2.75, 3.05) is 20.6 Å². The second-order valence-electron chi connectivity index (χ2n) is 6.55. The van der Waals surface area contributed by atoms with Gasteiger partial charge in [-0.2, -0.15) is 0 Å². The first-order valence-corrected chi connectivity index (χ1v) is 9.26. The zero-order valence-electron chi connectivity index (χ0n) is 15.7. The number of likely N-dealkylation sites (N-methyl/N-ethyl adjacent to an activating group) is 1. The van der Waals surface area contributed by atoms with Gasteiger partial charge in [0.25, 0.3) is 5.56 Å². The van der Waals surface area contributed by atoms with Crippen molar-refractivity contribution in [2.45, 2.75) is 12.6 Å². The number of fused-ring (bicyclic) bond motifs is 1. The lowest BCUT2D eigenvalue weighted by Crippen LogP contribution is -2.38. The molecule has 3 aromatic rings. The Morgan fingerprint density at radius 1 is 1.30 bits per heavy atom. The normalized spacial score (nSPS) is 12.6. The number of rotatable bonds is 6. The average Bonchev–Trinajstić information content (AvgIpc) is 3.28. The third-order valence-corrected chi connectivity index (χ3v) is 5.49. The highest BCUT2D eigenvalue weighted by molar-refractivity contribution is 7.10. The van der Waals surface area contributed by atoms with Gasteiger partial charge in [-0.1, -0.05) is 6.07 Å². The van der Waals surface area contributed by atoms with Crippen molar-refractivity contribution in [3.63, 3.8) is 0 Å². The van der Waals surface area contributed by atoms with Crippen LogP contribution in [0.3, 0.4) is 0 Å². The second kappa shape index (κ2) is 7.49. The molecule has 0 aliphatic heterocycles. The van der Waals surface area contributed by atoms with Crippen LogP contribution in [0.15, 0.2) is 33.4 Å². The number of thiophene rings is 1. The molecule has 9 nitrogen and oxygen atoms in total. The molecule has 1 N–H and O–H groups in total. The first-order chi connectivity index (χ1) is 12.8. The average molecular weight is 390 g/mol. The summed E-state index contributed by atoms with van der Waals surface area (Å²) in [7, 11) is 6.88. The summed E-state index contributed by atoms with van der Waals surface area (Å²) in [5, 5.41) is 4.92. The molecule has 3 heterocycles. The summed E-state index contributed by atoms with van der Waals surface area (Å²) < 4.78 is 3.78. The topological polar surface area (TPSA) is 94.2 Å². The first kappa shape index (κ1) is 19.1. The van der Waals surface area contributed by atoms with Gasteiger partial charge in [-0.15, -0.1) is 11.3 Å². The number of amides is 1. The van der Waals surface area contributed by atoms with Gasteiger partial charge in [0, 0.05) is 25.5 Å². The van der Waals surface area contributed by atoms with Gasteiger partial charge in [-0.3, -0.25) is 18.7 Å². The van der Waals surface area contributed by atoms with Crippen molar-refractivity contribution in [2.24, 2.45) is 14.1 Å². The third-order valence-electron chi connectivity index (χ3n) is 4.52. The van der Waals surface area contributed by atoms with Crippen LogP contribution in [-0.4, -0.2) is 50.1 Å². The van der Waals surface area contributed by atoms with E-state index in [0.717, 1.165) is 9.44 Å². The van der Waals surface area contributed by atoms with Crippen LogP contribution in [-0.2, 0) is 25.4 Å². The van der Waals surface area contributed by atoms with Crippen molar-refractivity contribution in [3.8, 4) is 0 Å². The smallest absolute Gasteiger partial charge is 0.332 e. The van der Waals surface area contributed by atoms with E-state index in [1.165, 1.54) is 22.5 Å². The molecule has 0 aliphatic rings. The standard InChI is InChI=1S/C17H22N6O3S/c1-20(2)11(12-6-5-7-27-12)8-18-13(24)9-23-10-19-15-14(23)16(25)22(4)17(26)21(15)3/h5-7,10-11H,8-9H2,1-4H3,(H,18,24)/t11-/m1/s1. The van der Waals surface area contributed by atoms with Gasteiger partial charge in [0.15, 0.2) is 11.2 Å². The van der Waals surface area contributed by atoms with Gasteiger partial charge in [0.2, 0.25) is 5.91 Å². The van der Waals surface area contributed by atoms with E-state index >= 15 is 0 Å². The molecule has 0 bridgehead atoms. The monoisotopic (exact) mass is 390 g/mol. The maximum atomic E-state index is 12.4. The fourth-order valence-electron chi connectivity index (χ4n) is 2.96. The summed E-state index contributed by atoms with van der Waals surface area (Å²) in [5.74, 6) is -0.228. The van der Waals surface area contributed by atoms with Crippen LogP contribution in [0.4, 0.5) is 0 Å². The molecule has 3 rings (SSSR count). The van der Waals surface area contributed by atoms with E-state index in [4.69, 9.17) is 0 Å². The van der Waals surface area contributed by atoms with Crippen molar-refractivity contribution in [1.82, 2.24) is 28.9 Å². The predicted octanol–water partition coefficient (Wildman–Crippen LogP) is -0.0857. The molecule has 0 saturated heterocycles. The van der Waals surface area contributed by atoms with E-state index in [-0.39, 0.29) is 29.7 Å². The molecule has 0 radical (unpaired) electrons. The van der Waals surface area contributed by atoms with E-state index in [0.29, 0.717) is 6.54 Å². The van der Waals surface area contributed by atoms with E-state index in [9.17, 15) is 14.4 Å². The maximum Gasteiger partial charge on any atom is 0.332 e. The van der Waals surface area contributed by atoms with Crippen LogP contribution in [0.25, 0.3) is 11.2 Å². The Morgan fingerprint density at radius 2 is 2.04 bits per heavy atom. The number of hydrogen-bond donors (Lipinski definition) is 1. The zero-order valence-corrected chi connectivity index (χ0v) is 16.5. The molecule has 0 aromatic carbocycles. The number of aryl methyl sites for hydroxylation is 1. The van der Waals surface area contributed by atoms with Crippen LogP contribution >= 0.6 is 11.3 Å². The number of nitrogens with zero attached hydrogens (tertiary/aromatic N) is 5. The number of hydrogen-bond acceptors (Lipinski definition) is 6. The summed E-state index contributed by atoms with van der Waals surface area (Å²) in [4.78, 5) is 44.2. The second-order valence-corrected chi connectivity index (χ2v) is 7.53. The van der Waals surface area contributed by atoms with Crippen molar-refractivity contribution in [1.29, 1.82) is 0 Å². The van der Waals surface area contributed by atoms with E-state index in [1.54, 1.807) is 18.4 Å². The maximum absolute atomic E-state index is 12.4. The molecule has 3 aromatic heterocycles. The van der Waals surface area contributed by atoms with Gasteiger partial charge in [0.05, 0.1) is 12.4 Å². The zero-order chi connectivity index (χ0) is 19.7. The Morgan fingerprint density at radius 3 is 2.67 bits per heavy atom. The number of nitrogens with one attached hydrogen (secondary N) is 1. The minimum Gasteiger partial charge on any atom is -0.353 e. The molecule has 0 unspecified atom stereocenters. The molecule has 1 atom stereocenters. The summed E-state index contributed by atoms with van der Waals surface area (Å²) in [6.07, 6.45) is 1.41. The van der Waals surface area contributed by atoms with Crippen LogP contribution in [0.1, 0.15) is 10.9 Å². The molecular formula is C17H22N6O3S. The van der Waals surface area contributed by atoms with Gasteiger partial charge in [-0.05, 0) is 25.5 Å². The van der Waals surface area contributed by atoms with Crippen molar-refractivity contribution in [3.05, 3.63) is 49.6 Å². The highest BCUT2D eigenvalue weighted by Crippen LogP contribution is 2.22. The summed E-state index contributed by atoms with van der Waals surface area (Å²) >= 11 is 1.64. The Labute approximate surface area is 159 Å². The third kappa shape index (κ3) is 3.58. The highest BCUT2D eigenvalue weighted by atomic mass is 32.1. The molecule has 10 heteroatoms. The molecular weight excluding hydrogens is 368 g/mol. The Balaban J connectivity index is 1.79. The number of imidazole rings is 1. The Hall–Kier alpha value is -2.72. The number of aromatic nitrogens is 4. The molecule has 0 spiro atoms. The molecule has 1 amide bonds. The van der Waals surface area contributed by atoms with Crippen LogP contribution in [0, 0.1) is 0 Å².